The molecule has 1 fully saturated rings. The van der Waals surface area contributed by atoms with Gasteiger partial charge in [-0.3, -0.25) is 0 Å². The lowest BCUT2D eigenvalue weighted by Gasteiger charge is -2.33. The molecule has 2 nitrogen and oxygen atoms in total. The SMILES string of the molecule is Nc1cc(C(F)(F)F)ccc1C1(O)CCCCC1. The fourth-order valence-electron chi connectivity index (χ4n) is 2.57. The van der Waals surface area contributed by atoms with Gasteiger partial charge in [-0.15, -0.1) is 0 Å². The van der Waals surface area contributed by atoms with Crippen LogP contribution in [-0.2, 0) is 11.8 Å². The summed E-state index contributed by atoms with van der Waals surface area (Å²) in [5.74, 6) is 0. The highest BCUT2D eigenvalue weighted by atomic mass is 19.4. The summed E-state index contributed by atoms with van der Waals surface area (Å²) in [7, 11) is 0. The van der Waals surface area contributed by atoms with Crippen LogP contribution in [0.5, 0.6) is 0 Å². The highest BCUT2D eigenvalue weighted by Gasteiger charge is 2.35. The maximum absolute atomic E-state index is 12.5. The molecular formula is C13H16F3NO. The van der Waals surface area contributed by atoms with E-state index in [9.17, 15) is 18.3 Å². The molecule has 0 radical (unpaired) electrons. The van der Waals surface area contributed by atoms with Crippen LogP contribution in [0.25, 0.3) is 0 Å². The largest absolute Gasteiger partial charge is 0.416 e. The molecule has 1 aromatic rings. The van der Waals surface area contributed by atoms with Gasteiger partial charge in [-0.25, -0.2) is 0 Å². The van der Waals surface area contributed by atoms with Gasteiger partial charge in [-0.2, -0.15) is 13.2 Å². The second kappa shape index (κ2) is 4.46. The third-order valence-electron chi connectivity index (χ3n) is 3.56. The summed E-state index contributed by atoms with van der Waals surface area (Å²) in [6, 6.07) is 3.20. The molecule has 0 bridgehead atoms. The molecule has 1 aromatic carbocycles. The molecular weight excluding hydrogens is 243 g/mol. The Labute approximate surface area is 104 Å². The molecule has 0 spiro atoms. The van der Waals surface area contributed by atoms with Crippen LogP contribution in [-0.4, -0.2) is 5.11 Å². The van der Waals surface area contributed by atoms with E-state index in [-0.39, 0.29) is 5.69 Å². The summed E-state index contributed by atoms with van der Waals surface area (Å²) in [5.41, 5.74) is 4.28. The topological polar surface area (TPSA) is 46.2 Å². The molecule has 0 saturated heterocycles. The second-order valence-corrected chi connectivity index (χ2v) is 4.89. The molecule has 1 saturated carbocycles. The van der Waals surface area contributed by atoms with Crippen molar-refractivity contribution in [3.8, 4) is 0 Å². The number of benzene rings is 1. The van der Waals surface area contributed by atoms with Gasteiger partial charge in [0, 0.05) is 11.3 Å². The minimum absolute atomic E-state index is 0.0224. The number of halogens is 3. The quantitative estimate of drug-likeness (QED) is 0.759. The molecule has 1 aliphatic rings. The molecule has 0 aromatic heterocycles. The zero-order valence-corrected chi connectivity index (χ0v) is 9.93. The van der Waals surface area contributed by atoms with Crippen LogP contribution < -0.4 is 5.73 Å². The van der Waals surface area contributed by atoms with E-state index < -0.39 is 17.3 Å². The first-order valence-electron chi connectivity index (χ1n) is 6.02. The summed E-state index contributed by atoms with van der Waals surface area (Å²) in [4.78, 5) is 0. The van der Waals surface area contributed by atoms with E-state index in [0.29, 0.717) is 18.4 Å². The highest BCUT2D eigenvalue weighted by molar-refractivity contribution is 5.52. The molecule has 1 aliphatic carbocycles. The van der Waals surface area contributed by atoms with Crippen LogP contribution in [0.15, 0.2) is 18.2 Å². The smallest absolute Gasteiger partial charge is 0.398 e. The Kier molecular flexibility index (Phi) is 3.27. The summed E-state index contributed by atoms with van der Waals surface area (Å²) >= 11 is 0. The predicted molar refractivity (Wildman–Crippen MR) is 62.8 cm³/mol. The highest BCUT2D eigenvalue weighted by Crippen LogP contribution is 2.41. The maximum Gasteiger partial charge on any atom is 0.416 e. The predicted octanol–water partition coefficient (Wildman–Crippen LogP) is 3.44. The monoisotopic (exact) mass is 259 g/mol. The number of alkyl halides is 3. The number of hydrogen-bond acceptors (Lipinski definition) is 2. The Hall–Kier alpha value is -1.23. The van der Waals surface area contributed by atoms with E-state index in [0.717, 1.165) is 31.4 Å². The van der Waals surface area contributed by atoms with E-state index >= 15 is 0 Å². The van der Waals surface area contributed by atoms with Gasteiger partial charge in [0.15, 0.2) is 0 Å². The van der Waals surface area contributed by atoms with E-state index in [4.69, 9.17) is 5.73 Å². The molecule has 5 heteroatoms. The summed E-state index contributed by atoms with van der Waals surface area (Å²) in [6.07, 6.45) is -0.496. The van der Waals surface area contributed by atoms with Gasteiger partial charge < -0.3 is 10.8 Å². The van der Waals surface area contributed by atoms with Crippen LogP contribution in [0.1, 0.15) is 43.2 Å². The summed E-state index contributed by atoms with van der Waals surface area (Å²) in [5, 5.41) is 10.5. The first-order valence-corrected chi connectivity index (χ1v) is 6.02. The van der Waals surface area contributed by atoms with Crippen molar-refractivity contribution >= 4 is 5.69 Å². The number of nitrogen functional groups attached to an aromatic ring is 1. The maximum atomic E-state index is 12.5. The lowest BCUT2D eigenvalue weighted by atomic mass is 9.79. The standard InChI is InChI=1S/C13H16F3NO/c14-13(15,16)9-4-5-10(11(17)8-9)12(18)6-2-1-3-7-12/h4-5,8,18H,1-3,6-7,17H2. The first-order chi connectivity index (χ1) is 8.33. The Bertz CT molecular complexity index is 436. The molecule has 2 rings (SSSR count). The van der Waals surface area contributed by atoms with Gasteiger partial charge >= 0.3 is 6.18 Å². The summed E-state index contributed by atoms with van der Waals surface area (Å²) in [6.45, 7) is 0. The Morgan fingerprint density at radius 3 is 2.22 bits per heavy atom. The van der Waals surface area contributed by atoms with Gasteiger partial charge in [-0.05, 0) is 25.0 Å². The molecule has 3 N–H and O–H groups in total. The molecule has 0 atom stereocenters. The van der Waals surface area contributed by atoms with Crippen molar-refractivity contribution in [2.75, 3.05) is 5.73 Å². The first kappa shape index (κ1) is 13.2. The van der Waals surface area contributed by atoms with E-state index in [2.05, 4.69) is 0 Å². The van der Waals surface area contributed by atoms with Crippen LogP contribution in [0.3, 0.4) is 0 Å². The lowest BCUT2D eigenvalue weighted by Crippen LogP contribution is -2.29. The number of aliphatic hydroxyl groups is 1. The van der Waals surface area contributed by atoms with Crippen LogP contribution >= 0.6 is 0 Å². The van der Waals surface area contributed by atoms with Crippen molar-refractivity contribution in [1.82, 2.24) is 0 Å². The average Bonchev–Trinajstić information content (AvgIpc) is 2.28. The minimum atomic E-state index is -4.40. The Morgan fingerprint density at radius 2 is 1.72 bits per heavy atom. The van der Waals surface area contributed by atoms with Gasteiger partial charge in [0.1, 0.15) is 0 Å². The Morgan fingerprint density at radius 1 is 1.11 bits per heavy atom. The van der Waals surface area contributed by atoms with Crippen molar-refractivity contribution in [1.29, 1.82) is 0 Å². The molecule has 18 heavy (non-hydrogen) atoms. The van der Waals surface area contributed by atoms with E-state index in [1.165, 1.54) is 6.07 Å². The van der Waals surface area contributed by atoms with Crippen molar-refractivity contribution in [3.63, 3.8) is 0 Å². The number of anilines is 1. The van der Waals surface area contributed by atoms with Crippen LogP contribution in [0.2, 0.25) is 0 Å². The zero-order valence-electron chi connectivity index (χ0n) is 9.93. The number of nitrogens with two attached hydrogens (primary N) is 1. The number of hydrogen-bond donors (Lipinski definition) is 2. The third kappa shape index (κ3) is 2.46. The minimum Gasteiger partial charge on any atom is -0.398 e. The van der Waals surface area contributed by atoms with Gasteiger partial charge in [0.05, 0.1) is 11.2 Å². The fraction of sp³-hybridized carbons (Fsp3) is 0.538. The second-order valence-electron chi connectivity index (χ2n) is 4.89. The molecule has 0 heterocycles. The van der Waals surface area contributed by atoms with Gasteiger partial charge in [0.2, 0.25) is 0 Å². The molecule has 100 valence electrons. The average molecular weight is 259 g/mol. The summed E-state index contributed by atoms with van der Waals surface area (Å²) < 4.78 is 37.6. The van der Waals surface area contributed by atoms with Crippen molar-refractivity contribution < 1.29 is 18.3 Å². The molecule has 0 amide bonds. The normalized spacial score (nSPS) is 19.8. The van der Waals surface area contributed by atoms with Crippen molar-refractivity contribution in [2.45, 2.75) is 43.9 Å². The van der Waals surface area contributed by atoms with Gasteiger partial charge in [0.25, 0.3) is 0 Å². The number of rotatable bonds is 1. The molecule has 0 unspecified atom stereocenters. The van der Waals surface area contributed by atoms with Crippen molar-refractivity contribution in [3.05, 3.63) is 29.3 Å². The third-order valence-corrected chi connectivity index (χ3v) is 3.56. The zero-order chi connectivity index (χ0) is 13.4. The van der Waals surface area contributed by atoms with Gasteiger partial charge in [-0.1, -0.05) is 25.3 Å². The van der Waals surface area contributed by atoms with E-state index in [1.807, 2.05) is 0 Å². The van der Waals surface area contributed by atoms with E-state index in [1.54, 1.807) is 0 Å². The van der Waals surface area contributed by atoms with Crippen molar-refractivity contribution in [2.24, 2.45) is 0 Å². The van der Waals surface area contributed by atoms with Crippen LogP contribution in [0.4, 0.5) is 18.9 Å². The van der Waals surface area contributed by atoms with Crippen LogP contribution in [0, 0.1) is 0 Å². The Balaban J connectivity index is 2.35. The fourth-order valence-corrected chi connectivity index (χ4v) is 2.57. The lowest BCUT2D eigenvalue weighted by molar-refractivity contribution is -0.137. The molecule has 0 aliphatic heterocycles.